The van der Waals surface area contributed by atoms with Crippen LogP contribution in [0.2, 0.25) is 0 Å². The lowest BCUT2D eigenvalue weighted by atomic mass is 9.87. The maximum absolute atomic E-state index is 4.68. The Balaban J connectivity index is 0.000000370. The third-order valence-corrected chi connectivity index (χ3v) is 17.8. The smallest absolute Gasteiger partial charge is 0.0681 e. The molecule has 0 aromatic carbocycles. The largest absolute Gasteiger partial charge is 0.299 e. The molecule has 528 valence electrons. The molecule has 15 heteroatoms. The van der Waals surface area contributed by atoms with Crippen molar-refractivity contribution >= 4 is 6.21 Å². The summed E-state index contributed by atoms with van der Waals surface area (Å²) in [5, 5.41) is 26.9. The molecule has 6 aromatic rings. The van der Waals surface area contributed by atoms with Crippen molar-refractivity contribution < 1.29 is 0 Å². The summed E-state index contributed by atoms with van der Waals surface area (Å²) in [5.74, 6) is 0.911. The number of hydrogen-bond donors (Lipinski definition) is 0. The Hall–Kier alpha value is -5.41. The van der Waals surface area contributed by atoms with Crippen LogP contribution in [-0.4, -0.2) is 108 Å². The highest BCUT2D eigenvalue weighted by atomic mass is 15.4. The van der Waals surface area contributed by atoms with Crippen molar-refractivity contribution in [1.29, 1.82) is 0 Å². The number of fused-ring (bicyclic) bond motifs is 2. The van der Waals surface area contributed by atoms with E-state index in [2.05, 4.69) is 286 Å². The molecule has 3 aliphatic heterocycles. The van der Waals surface area contributed by atoms with Gasteiger partial charge in [0.05, 0.1) is 78.8 Å². The number of rotatable bonds is 5. The number of hydrogen-bond acceptors (Lipinski definition) is 9. The number of aliphatic imine (C=N–C) groups is 1. The van der Waals surface area contributed by atoms with Gasteiger partial charge in [-0.2, -0.15) is 30.6 Å². The van der Waals surface area contributed by atoms with Crippen LogP contribution in [-0.2, 0) is 72.3 Å². The molecule has 15 nitrogen and oxygen atoms in total. The lowest BCUT2D eigenvalue weighted by molar-refractivity contribution is 0.223. The molecule has 5 aliphatic rings. The van der Waals surface area contributed by atoms with E-state index >= 15 is 0 Å². The first-order valence-electron chi connectivity index (χ1n) is 34.5. The lowest BCUT2D eigenvalue weighted by Crippen LogP contribution is -2.33. The van der Waals surface area contributed by atoms with Crippen LogP contribution < -0.4 is 0 Å². The molecule has 0 bridgehead atoms. The maximum atomic E-state index is 4.68. The van der Waals surface area contributed by atoms with Crippen LogP contribution in [0.15, 0.2) is 78.2 Å². The number of allylic oxidation sites excluding steroid dienone is 1. The summed E-state index contributed by atoms with van der Waals surface area (Å²) >= 11 is 0. The van der Waals surface area contributed by atoms with Crippen LogP contribution in [0.1, 0.15) is 303 Å². The van der Waals surface area contributed by atoms with Crippen molar-refractivity contribution in [3.8, 4) is 0 Å². The SMILES string of the molecule is C.C.C.CC(C)(C)C1=CCN=C1.CC(C)(C)c1cnn(C2CCCC2)c1.CC1CCC(n2cc(C(C)(C)C)cn2)CC1.CCCn1ccc(C(C)(C)C)n1.CCN1CCn2nc(C(C)(C)C)cc2C1.CN1CCn2nc(C(C)(C)C)cc2C1.Cn1cc(C(C)(C)C)cn1. The standard InChI is InChI=1S/C14H24N2.C12H21N3.C12H20N2.C11H19N3.C10H18N2.C8H14N2.C8H13N.3CH4/c1-11-5-7-13(8-6-11)16-10-12(9-15-16)14(2,3)4;1-5-14-6-7-15-10(9-14)8-11(13-15)12(2,3)4;1-12(2,3)10-8-13-14(9-10)11-6-4-5-7-11;1-11(2,3)10-7-9-8-13(4)5-6-14(9)12-10;1-5-7-12-8-6-9(11-12)10(2,3)4;1-8(2,3)7-5-9-10(4)6-7;1-8(2,3)7-4-5-9-6-7;;;/h9-11,13H,5-8H2,1-4H3;8H,5-7,9H2,1-4H3;8-9,11H,4-7H2,1-3H3;7H,5-6,8H2,1-4H3;6,8H,5,7H2,1-4H3;5-6H,1-4H3;4,6H,5H2,1-3H3;3*1H4. The van der Waals surface area contributed by atoms with Gasteiger partial charge in [-0.1, -0.05) is 207 Å². The highest BCUT2D eigenvalue weighted by molar-refractivity contribution is 5.82. The molecule has 93 heavy (non-hydrogen) atoms. The quantitative estimate of drug-likeness (QED) is 0.167. The number of aromatic nitrogens is 12. The van der Waals surface area contributed by atoms with E-state index in [0.29, 0.717) is 17.5 Å². The van der Waals surface area contributed by atoms with E-state index in [9.17, 15) is 0 Å². The molecule has 6 aromatic heterocycles. The first-order valence-corrected chi connectivity index (χ1v) is 34.5. The number of likely N-dealkylation sites (N-methyl/N-ethyl adjacent to an activating group) is 2. The van der Waals surface area contributed by atoms with E-state index in [-0.39, 0.29) is 54.8 Å². The summed E-state index contributed by atoms with van der Waals surface area (Å²) in [4.78, 5) is 8.91. The second-order valence-corrected chi connectivity index (χ2v) is 33.6. The Morgan fingerprint density at radius 3 is 1.30 bits per heavy atom. The fourth-order valence-corrected chi connectivity index (χ4v) is 11.0. The van der Waals surface area contributed by atoms with Gasteiger partial charge in [0.25, 0.3) is 0 Å². The zero-order chi connectivity index (χ0) is 67.2. The van der Waals surface area contributed by atoms with Crippen molar-refractivity contribution in [3.05, 3.63) is 118 Å². The average molecular weight is 1290 g/mol. The van der Waals surface area contributed by atoms with E-state index in [1.807, 2.05) is 41.2 Å². The molecule has 9 heterocycles. The predicted molar refractivity (Wildman–Crippen MR) is 399 cm³/mol. The van der Waals surface area contributed by atoms with Crippen molar-refractivity contribution in [3.63, 3.8) is 0 Å². The van der Waals surface area contributed by atoms with Gasteiger partial charge < -0.3 is 0 Å². The minimum absolute atomic E-state index is 0. The molecular weight excluding hydrogens is 1150 g/mol. The molecule has 2 aliphatic carbocycles. The van der Waals surface area contributed by atoms with Gasteiger partial charge in [-0.05, 0) is 127 Å². The maximum Gasteiger partial charge on any atom is 0.0681 e. The third kappa shape index (κ3) is 27.0. The Kier molecular flexibility index (Phi) is 32.0. The molecule has 0 amide bonds. The summed E-state index contributed by atoms with van der Waals surface area (Å²) < 4.78 is 12.6. The van der Waals surface area contributed by atoms with Gasteiger partial charge in [0.15, 0.2) is 0 Å². The van der Waals surface area contributed by atoms with E-state index in [0.717, 1.165) is 71.2 Å². The van der Waals surface area contributed by atoms with Crippen LogP contribution >= 0.6 is 0 Å². The van der Waals surface area contributed by atoms with Crippen LogP contribution in [0.4, 0.5) is 0 Å². The van der Waals surface area contributed by atoms with E-state index in [1.165, 1.54) is 102 Å². The Labute approximate surface area is 570 Å². The molecule has 0 unspecified atom stereocenters. The van der Waals surface area contributed by atoms with E-state index in [4.69, 9.17) is 0 Å². The number of nitrogens with zero attached hydrogens (tertiary/aromatic N) is 15. The second-order valence-electron chi connectivity index (χ2n) is 33.6. The molecule has 0 N–H and O–H groups in total. The summed E-state index contributed by atoms with van der Waals surface area (Å²) in [7, 11) is 4.10. The van der Waals surface area contributed by atoms with Crippen LogP contribution in [0.25, 0.3) is 0 Å². The van der Waals surface area contributed by atoms with Crippen LogP contribution in [0.3, 0.4) is 0 Å². The minimum Gasteiger partial charge on any atom is -0.299 e. The average Bonchev–Trinajstić information content (AvgIpc) is 1.69. The lowest BCUT2D eigenvalue weighted by Gasteiger charge is -2.26. The van der Waals surface area contributed by atoms with E-state index < -0.39 is 0 Å². The normalized spacial score (nSPS) is 17.8. The molecule has 0 spiro atoms. The van der Waals surface area contributed by atoms with Gasteiger partial charge in [-0.15, -0.1) is 0 Å². The van der Waals surface area contributed by atoms with Gasteiger partial charge >= 0.3 is 0 Å². The first kappa shape index (κ1) is 83.7. The Bertz CT molecular complexity index is 3100. The minimum atomic E-state index is 0. The predicted octanol–water partition coefficient (Wildman–Crippen LogP) is 19.1. The van der Waals surface area contributed by atoms with Gasteiger partial charge in [0, 0.05) is 87.0 Å². The van der Waals surface area contributed by atoms with Gasteiger partial charge in [0.2, 0.25) is 0 Å². The zero-order valence-electron chi connectivity index (χ0n) is 62.1. The summed E-state index contributed by atoms with van der Waals surface area (Å²) in [6.45, 7) is 62.7. The molecule has 2 fully saturated rings. The highest BCUT2D eigenvalue weighted by Gasteiger charge is 2.27. The summed E-state index contributed by atoms with van der Waals surface area (Å²) in [6.07, 6.45) is 30.5. The molecular formula is C78H141N15. The van der Waals surface area contributed by atoms with Crippen LogP contribution in [0, 0.1) is 11.3 Å². The van der Waals surface area contributed by atoms with Gasteiger partial charge in [-0.3, -0.25) is 42.9 Å². The van der Waals surface area contributed by atoms with Crippen molar-refractivity contribution in [2.45, 2.75) is 324 Å². The molecule has 0 atom stereocenters. The highest BCUT2D eigenvalue weighted by Crippen LogP contribution is 2.34. The fraction of sp³-hybridized carbons (Fsp3) is 0.731. The van der Waals surface area contributed by atoms with Crippen molar-refractivity contribution in [2.75, 3.05) is 33.2 Å². The number of aryl methyl sites for hydroxylation is 2. The monoisotopic (exact) mass is 1290 g/mol. The fourth-order valence-electron chi connectivity index (χ4n) is 11.0. The molecule has 0 saturated heterocycles. The van der Waals surface area contributed by atoms with Crippen LogP contribution in [0.5, 0.6) is 0 Å². The van der Waals surface area contributed by atoms with Gasteiger partial charge in [-0.25, -0.2) is 0 Å². The zero-order valence-corrected chi connectivity index (χ0v) is 62.1. The second kappa shape index (κ2) is 35.5. The molecule has 11 rings (SSSR count). The molecule has 2 saturated carbocycles. The summed E-state index contributed by atoms with van der Waals surface area (Å²) in [5.41, 5.74) is 13.2. The summed E-state index contributed by atoms with van der Waals surface area (Å²) in [6, 6.07) is 7.94. The van der Waals surface area contributed by atoms with E-state index in [1.54, 1.807) is 0 Å². The Morgan fingerprint density at radius 1 is 0.484 bits per heavy atom. The van der Waals surface area contributed by atoms with Crippen molar-refractivity contribution in [1.82, 2.24) is 68.5 Å². The Morgan fingerprint density at radius 2 is 0.935 bits per heavy atom. The third-order valence-electron chi connectivity index (χ3n) is 17.8. The first-order chi connectivity index (χ1) is 41.6. The topological polar surface area (TPSA) is 126 Å². The van der Waals surface area contributed by atoms with Gasteiger partial charge in [0.1, 0.15) is 0 Å². The van der Waals surface area contributed by atoms with Crippen molar-refractivity contribution in [2.24, 2.45) is 23.4 Å². The molecule has 0 radical (unpaired) electrons.